The van der Waals surface area contributed by atoms with Crippen LogP contribution in [0.3, 0.4) is 0 Å². The Kier molecular flexibility index (Phi) is 4.50. The molecule has 1 fully saturated rings. The summed E-state index contributed by atoms with van der Waals surface area (Å²) in [5.41, 5.74) is 0.941. The van der Waals surface area contributed by atoms with E-state index in [1.54, 1.807) is 6.07 Å². The van der Waals surface area contributed by atoms with Crippen LogP contribution in [0.5, 0.6) is 0 Å². The first-order valence-electron chi connectivity index (χ1n) is 5.73. The van der Waals surface area contributed by atoms with Crippen molar-refractivity contribution >= 4 is 15.9 Å². The normalized spacial score (nSPS) is 19.2. The minimum absolute atomic E-state index is 0.0459. The number of benzene rings is 1. The fourth-order valence-corrected chi connectivity index (χ4v) is 2.79. The maximum Gasteiger partial charge on any atom is 0.124 e. The number of hydrogen-bond donors (Lipinski definition) is 2. The van der Waals surface area contributed by atoms with Gasteiger partial charge in [-0.2, -0.15) is 0 Å². The average Bonchev–Trinajstić information content (AvgIpc) is 2.34. The van der Waals surface area contributed by atoms with Crippen LogP contribution in [0.1, 0.15) is 11.6 Å². The summed E-state index contributed by atoms with van der Waals surface area (Å²) in [4.78, 5) is 2.22. The molecule has 17 heavy (non-hydrogen) atoms. The predicted octanol–water partition coefficient (Wildman–Crippen LogP) is 1.53. The van der Waals surface area contributed by atoms with Gasteiger partial charge in [-0.1, -0.05) is 22.0 Å². The Morgan fingerprint density at radius 2 is 2.12 bits per heavy atom. The smallest absolute Gasteiger partial charge is 0.124 e. The molecule has 2 rings (SSSR count). The van der Waals surface area contributed by atoms with E-state index in [-0.39, 0.29) is 18.5 Å². The van der Waals surface area contributed by atoms with Gasteiger partial charge in [-0.3, -0.25) is 4.90 Å². The number of aliphatic hydroxyl groups excluding tert-OH is 1. The number of piperazine rings is 1. The minimum Gasteiger partial charge on any atom is -0.394 e. The average molecular weight is 303 g/mol. The van der Waals surface area contributed by atoms with Gasteiger partial charge in [-0.05, 0) is 17.7 Å². The highest BCUT2D eigenvalue weighted by Gasteiger charge is 2.23. The molecule has 5 heteroatoms. The number of aliphatic hydroxyl groups is 1. The molecule has 0 saturated carbocycles. The fraction of sp³-hybridized carbons (Fsp3) is 0.500. The lowest BCUT2D eigenvalue weighted by atomic mass is 10.1. The standard InChI is InChI=1S/C12H16BrFN2O/c13-11-7-9(14)1-2-10(11)12(8-17)16-5-3-15-4-6-16/h1-2,7,12,15,17H,3-6,8H2. The number of hydrogen-bond acceptors (Lipinski definition) is 3. The van der Waals surface area contributed by atoms with Gasteiger partial charge in [-0.15, -0.1) is 0 Å². The van der Waals surface area contributed by atoms with Crippen molar-refractivity contribution in [2.45, 2.75) is 6.04 Å². The van der Waals surface area contributed by atoms with Crippen molar-refractivity contribution in [1.29, 1.82) is 0 Å². The molecule has 0 spiro atoms. The minimum atomic E-state index is -0.266. The predicted molar refractivity (Wildman–Crippen MR) is 68.4 cm³/mol. The molecule has 3 nitrogen and oxygen atoms in total. The SMILES string of the molecule is OCC(c1ccc(F)cc1Br)N1CCNCC1. The Labute approximate surface area is 109 Å². The van der Waals surface area contributed by atoms with Crippen molar-refractivity contribution in [3.05, 3.63) is 34.1 Å². The summed E-state index contributed by atoms with van der Waals surface area (Å²) in [5, 5.41) is 12.8. The Bertz CT molecular complexity index is 383. The third kappa shape index (κ3) is 3.04. The first-order chi connectivity index (χ1) is 8.22. The van der Waals surface area contributed by atoms with Crippen molar-refractivity contribution in [2.24, 2.45) is 0 Å². The molecule has 1 atom stereocenters. The molecule has 1 aromatic rings. The Morgan fingerprint density at radius 1 is 1.41 bits per heavy atom. The van der Waals surface area contributed by atoms with E-state index in [1.165, 1.54) is 12.1 Å². The van der Waals surface area contributed by atoms with Gasteiger partial charge >= 0.3 is 0 Å². The van der Waals surface area contributed by atoms with E-state index in [2.05, 4.69) is 26.1 Å². The molecule has 0 bridgehead atoms. The van der Waals surface area contributed by atoms with E-state index < -0.39 is 0 Å². The summed E-state index contributed by atoms with van der Waals surface area (Å²) in [6.07, 6.45) is 0. The van der Waals surface area contributed by atoms with Crippen LogP contribution in [0.2, 0.25) is 0 Å². The maximum atomic E-state index is 13.0. The summed E-state index contributed by atoms with van der Waals surface area (Å²) in [7, 11) is 0. The molecule has 1 saturated heterocycles. The van der Waals surface area contributed by atoms with Gasteiger partial charge in [0, 0.05) is 30.7 Å². The van der Waals surface area contributed by atoms with Crippen molar-refractivity contribution in [1.82, 2.24) is 10.2 Å². The van der Waals surface area contributed by atoms with Gasteiger partial charge in [0.2, 0.25) is 0 Å². The molecule has 0 aromatic heterocycles. The van der Waals surface area contributed by atoms with Gasteiger partial charge in [0.25, 0.3) is 0 Å². The summed E-state index contributed by atoms with van der Waals surface area (Å²) in [5.74, 6) is -0.266. The fourth-order valence-electron chi connectivity index (χ4n) is 2.18. The molecule has 94 valence electrons. The first-order valence-corrected chi connectivity index (χ1v) is 6.52. The van der Waals surface area contributed by atoms with Crippen molar-refractivity contribution in [2.75, 3.05) is 32.8 Å². The van der Waals surface area contributed by atoms with E-state index in [4.69, 9.17) is 0 Å². The second-order valence-electron chi connectivity index (χ2n) is 4.15. The second-order valence-corrected chi connectivity index (χ2v) is 5.00. The summed E-state index contributed by atoms with van der Waals surface area (Å²) < 4.78 is 13.8. The molecule has 1 aromatic carbocycles. The van der Waals surface area contributed by atoms with Crippen LogP contribution in [-0.4, -0.2) is 42.8 Å². The molecule has 2 N–H and O–H groups in total. The van der Waals surface area contributed by atoms with Crippen molar-refractivity contribution < 1.29 is 9.50 Å². The van der Waals surface area contributed by atoms with E-state index >= 15 is 0 Å². The topological polar surface area (TPSA) is 35.5 Å². The van der Waals surface area contributed by atoms with E-state index in [9.17, 15) is 9.50 Å². The van der Waals surface area contributed by atoms with Gasteiger partial charge in [-0.25, -0.2) is 4.39 Å². The van der Waals surface area contributed by atoms with Gasteiger partial charge in [0.1, 0.15) is 5.82 Å². The lowest BCUT2D eigenvalue weighted by Gasteiger charge is -2.34. The van der Waals surface area contributed by atoms with Crippen molar-refractivity contribution in [3.63, 3.8) is 0 Å². The number of nitrogens with one attached hydrogen (secondary N) is 1. The summed E-state index contributed by atoms with van der Waals surface area (Å²) in [6, 6.07) is 4.56. The number of halogens is 2. The van der Waals surface area contributed by atoms with E-state index in [1.807, 2.05) is 0 Å². The molecule has 1 heterocycles. The summed E-state index contributed by atoms with van der Waals surface area (Å²) in [6.45, 7) is 3.69. The molecule has 1 aliphatic rings. The van der Waals surface area contributed by atoms with Crippen LogP contribution >= 0.6 is 15.9 Å². The van der Waals surface area contributed by atoms with Crippen LogP contribution in [0.4, 0.5) is 4.39 Å². The summed E-state index contributed by atoms with van der Waals surface area (Å²) >= 11 is 3.36. The molecular formula is C12H16BrFN2O. The first kappa shape index (κ1) is 13.0. The molecular weight excluding hydrogens is 287 g/mol. The monoisotopic (exact) mass is 302 g/mol. The van der Waals surface area contributed by atoms with Gasteiger partial charge in [0.05, 0.1) is 12.6 Å². The molecule has 1 unspecified atom stereocenters. The van der Waals surface area contributed by atoms with Gasteiger partial charge < -0.3 is 10.4 Å². The quantitative estimate of drug-likeness (QED) is 0.889. The Morgan fingerprint density at radius 3 is 2.71 bits per heavy atom. The lowest BCUT2D eigenvalue weighted by Crippen LogP contribution is -2.46. The maximum absolute atomic E-state index is 13.0. The van der Waals surface area contributed by atoms with Crippen LogP contribution in [0, 0.1) is 5.82 Å². The van der Waals surface area contributed by atoms with Crippen LogP contribution in [-0.2, 0) is 0 Å². The van der Waals surface area contributed by atoms with Crippen LogP contribution < -0.4 is 5.32 Å². The zero-order chi connectivity index (χ0) is 12.3. The van der Waals surface area contributed by atoms with Gasteiger partial charge in [0.15, 0.2) is 0 Å². The molecule has 0 amide bonds. The largest absolute Gasteiger partial charge is 0.394 e. The Balaban J connectivity index is 2.21. The third-order valence-corrected chi connectivity index (χ3v) is 3.77. The highest BCUT2D eigenvalue weighted by Crippen LogP contribution is 2.28. The van der Waals surface area contributed by atoms with E-state index in [0.717, 1.165) is 36.2 Å². The third-order valence-electron chi connectivity index (χ3n) is 3.09. The number of nitrogens with zero attached hydrogens (tertiary/aromatic N) is 1. The zero-order valence-electron chi connectivity index (χ0n) is 9.50. The second kappa shape index (κ2) is 5.91. The van der Waals surface area contributed by atoms with Crippen molar-refractivity contribution in [3.8, 4) is 0 Å². The van der Waals surface area contributed by atoms with Crippen LogP contribution in [0.25, 0.3) is 0 Å². The molecule has 1 aliphatic heterocycles. The molecule has 0 aliphatic carbocycles. The Hall–Kier alpha value is -0.490. The van der Waals surface area contributed by atoms with E-state index in [0.29, 0.717) is 0 Å². The molecule has 0 radical (unpaired) electrons. The zero-order valence-corrected chi connectivity index (χ0v) is 11.1. The van der Waals surface area contributed by atoms with Crippen LogP contribution in [0.15, 0.2) is 22.7 Å². The highest BCUT2D eigenvalue weighted by molar-refractivity contribution is 9.10. The highest BCUT2D eigenvalue weighted by atomic mass is 79.9. The number of rotatable bonds is 3. The lowest BCUT2D eigenvalue weighted by molar-refractivity contribution is 0.110.